The molecule has 69 heavy (non-hydrogen) atoms. The van der Waals surface area contributed by atoms with E-state index in [4.69, 9.17) is 14.2 Å². The molecule has 0 N–H and O–H groups in total. The molecule has 0 saturated heterocycles. The summed E-state index contributed by atoms with van der Waals surface area (Å²) in [6.07, 6.45) is 31.7. The van der Waals surface area contributed by atoms with Gasteiger partial charge in [0.1, 0.15) is 13.2 Å². The van der Waals surface area contributed by atoms with Crippen molar-refractivity contribution in [1.82, 2.24) is 0 Å². The van der Waals surface area contributed by atoms with Gasteiger partial charge in [0.05, 0.1) is 16.2 Å². The number of hydrogen-bond acceptors (Lipinski definition) is 6. The summed E-state index contributed by atoms with van der Waals surface area (Å²) in [5, 5.41) is 0. The summed E-state index contributed by atoms with van der Waals surface area (Å²) in [6.45, 7) is 27.3. The van der Waals surface area contributed by atoms with E-state index >= 15 is 4.79 Å². The van der Waals surface area contributed by atoms with Crippen LogP contribution in [0.2, 0.25) is 0 Å². The van der Waals surface area contributed by atoms with Crippen LogP contribution in [0.1, 0.15) is 199 Å². The van der Waals surface area contributed by atoms with E-state index in [0.29, 0.717) is 35.5 Å². The zero-order chi connectivity index (χ0) is 49.5. The maximum absolute atomic E-state index is 15.1. The van der Waals surface area contributed by atoms with Gasteiger partial charge in [-0.25, -0.2) is 0 Å². The fourth-order valence-electron chi connectivity index (χ4n) is 17.8. The summed E-state index contributed by atoms with van der Waals surface area (Å²) in [6, 6.07) is 0. The first-order valence-corrected chi connectivity index (χ1v) is 28.4. The lowest BCUT2D eigenvalue weighted by Gasteiger charge is -2.57. The highest BCUT2D eigenvalue weighted by Gasteiger charge is 2.61. The third-order valence-corrected chi connectivity index (χ3v) is 22.2. The molecule has 0 aromatic carbocycles. The van der Waals surface area contributed by atoms with Crippen molar-refractivity contribution >= 4 is 17.9 Å². The Morgan fingerprint density at radius 3 is 1.09 bits per heavy atom. The van der Waals surface area contributed by atoms with E-state index in [1.807, 2.05) is 0 Å². The molecule has 12 atom stereocenters. The highest BCUT2D eigenvalue weighted by Crippen LogP contribution is 2.65. The molecule has 0 bridgehead atoms. The molecule has 6 nitrogen and oxygen atoms in total. The van der Waals surface area contributed by atoms with Crippen molar-refractivity contribution in [1.29, 1.82) is 0 Å². The van der Waals surface area contributed by atoms with Crippen molar-refractivity contribution in [3.63, 3.8) is 0 Å². The fourth-order valence-corrected chi connectivity index (χ4v) is 17.8. The Bertz CT molecular complexity index is 2130. The van der Waals surface area contributed by atoms with E-state index in [0.717, 1.165) is 116 Å². The van der Waals surface area contributed by atoms with Crippen LogP contribution in [0.4, 0.5) is 0 Å². The first kappa shape index (κ1) is 50.8. The van der Waals surface area contributed by atoms with Crippen molar-refractivity contribution in [3.05, 3.63) is 69.9 Å². The number of rotatable bonds is 11. The Kier molecular flexibility index (Phi) is 13.8. The van der Waals surface area contributed by atoms with Crippen LogP contribution in [0, 0.1) is 85.8 Å². The van der Waals surface area contributed by atoms with Gasteiger partial charge in [-0.05, 0) is 203 Å². The number of esters is 3. The Balaban J connectivity index is 0.963. The van der Waals surface area contributed by atoms with Crippen LogP contribution < -0.4 is 0 Å². The quantitative estimate of drug-likeness (QED) is 0.152. The first-order chi connectivity index (χ1) is 32.6. The summed E-state index contributed by atoms with van der Waals surface area (Å²) < 4.78 is 19.7. The van der Waals surface area contributed by atoms with Gasteiger partial charge in [-0.15, -0.1) is 0 Å². The number of fused-ring (bicyclic) bond motifs is 9. The molecular formula is C63H92O6. The fraction of sp³-hybridized carbons (Fsp3) is 0.762. The van der Waals surface area contributed by atoms with E-state index in [-0.39, 0.29) is 65.1 Å². The second-order valence-electron chi connectivity index (χ2n) is 26.9. The van der Waals surface area contributed by atoms with E-state index in [1.54, 1.807) is 11.1 Å². The van der Waals surface area contributed by atoms with Gasteiger partial charge in [0.25, 0.3) is 0 Å². The summed E-state index contributed by atoms with van der Waals surface area (Å²) in [4.78, 5) is 44.9. The van der Waals surface area contributed by atoms with Crippen molar-refractivity contribution < 1.29 is 28.6 Å². The molecule has 9 aliphatic rings. The molecule has 0 aromatic heterocycles. The molecule has 0 spiro atoms. The van der Waals surface area contributed by atoms with Crippen LogP contribution in [0.15, 0.2) is 69.9 Å². The third kappa shape index (κ3) is 8.57. The van der Waals surface area contributed by atoms with Crippen LogP contribution in [-0.2, 0) is 28.6 Å². The Morgan fingerprint density at radius 1 is 0.478 bits per heavy atom. The SMILES string of the molecule is CC(C)C1=CC2=CCC3[C@](C)(CCC[C@]3(C)C(=O)OCC(COC(=O)[C@@]3(C)CCC[C@@]4(C)C3CC=C3C=C(C(C)C)CC[C@H]34)OC(=O)[C@@]3(C)CCC[C@@]4(C)C3CC=C3C=C(C(C)C)CC[C@H]34)[C@@H]2CC1. The number of carbonyl (C=O) groups is 3. The molecule has 380 valence electrons. The van der Waals surface area contributed by atoms with Crippen LogP contribution >= 0.6 is 0 Å². The lowest BCUT2D eigenvalue weighted by Crippen LogP contribution is -2.55. The maximum Gasteiger partial charge on any atom is 0.312 e. The van der Waals surface area contributed by atoms with Crippen molar-refractivity contribution in [2.45, 2.75) is 205 Å². The molecule has 0 aliphatic heterocycles. The smallest absolute Gasteiger partial charge is 0.312 e. The minimum Gasteiger partial charge on any atom is -0.461 e. The van der Waals surface area contributed by atoms with Gasteiger partial charge in [-0.2, -0.15) is 0 Å². The van der Waals surface area contributed by atoms with E-state index in [1.165, 1.54) is 22.3 Å². The topological polar surface area (TPSA) is 78.9 Å². The monoisotopic (exact) mass is 945 g/mol. The maximum atomic E-state index is 15.1. The van der Waals surface area contributed by atoms with Crippen molar-refractivity contribution in [2.24, 2.45) is 85.8 Å². The molecule has 0 heterocycles. The molecule has 3 fully saturated rings. The average molecular weight is 945 g/mol. The van der Waals surface area contributed by atoms with Crippen molar-refractivity contribution in [2.75, 3.05) is 13.2 Å². The predicted molar refractivity (Wildman–Crippen MR) is 277 cm³/mol. The molecule has 0 radical (unpaired) electrons. The van der Waals surface area contributed by atoms with Gasteiger partial charge in [-0.3, -0.25) is 14.4 Å². The molecule has 9 rings (SSSR count). The molecule has 9 aliphatic carbocycles. The molecule has 0 aromatic rings. The molecular weight excluding hydrogens is 853 g/mol. The lowest BCUT2D eigenvalue weighted by molar-refractivity contribution is -0.192. The summed E-state index contributed by atoms with van der Waals surface area (Å²) in [5.41, 5.74) is 6.94. The Labute approximate surface area is 418 Å². The average Bonchev–Trinajstić information content (AvgIpc) is 3.31. The standard InChI is InChI=1S/C63H92O6/c1-39(2)42-16-22-49-45(34-42)19-25-52-58(49,7)28-13-31-61(52,10)55(64)67-37-48(69-57(66)63(12)33-15-30-60(9)51-24-18-44(41(5)6)36-47(51)21-27-54(60)63)38-68-56(65)62(11)32-14-29-59(8)50-23-17-43(40(3)4)35-46(50)20-26-53(59)62/h19-21,34-36,39-41,48-54H,13-18,22-33,37-38H2,1-12H3/t48?,49-,50-,51-,52?,53?,54?,58-,59-,60-,61+,62+,63+/m1/s1. The highest BCUT2D eigenvalue weighted by molar-refractivity contribution is 5.79. The largest absolute Gasteiger partial charge is 0.461 e. The predicted octanol–water partition coefficient (Wildman–Crippen LogP) is 15.4. The van der Waals surface area contributed by atoms with E-state index < -0.39 is 22.3 Å². The third-order valence-electron chi connectivity index (χ3n) is 22.2. The zero-order valence-electron chi connectivity index (χ0n) is 45.3. The van der Waals surface area contributed by atoms with Crippen molar-refractivity contribution in [3.8, 4) is 0 Å². The number of allylic oxidation sites excluding steroid dienone is 12. The number of ether oxygens (including phenoxy) is 3. The minimum absolute atomic E-state index is 0.00115. The molecule has 0 amide bonds. The second kappa shape index (κ2) is 18.7. The second-order valence-corrected chi connectivity index (χ2v) is 26.9. The molecule has 3 unspecified atom stereocenters. The van der Waals surface area contributed by atoms with Crippen LogP contribution in [0.5, 0.6) is 0 Å². The lowest BCUT2D eigenvalue weighted by atomic mass is 9.47. The minimum atomic E-state index is -0.903. The Hall–Kier alpha value is -3.15. The summed E-state index contributed by atoms with van der Waals surface area (Å²) in [7, 11) is 0. The van der Waals surface area contributed by atoms with Crippen LogP contribution in [0.3, 0.4) is 0 Å². The van der Waals surface area contributed by atoms with Gasteiger partial charge >= 0.3 is 17.9 Å². The molecule has 3 saturated carbocycles. The van der Waals surface area contributed by atoms with Crippen LogP contribution in [0.25, 0.3) is 0 Å². The normalized spacial score (nSPS) is 40.9. The first-order valence-electron chi connectivity index (χ1n) is 28.4. The van der Waals surface area contributed by atoms with Gasteiger partial charge < -0.3 is 14.2 Å². The van der Waals surface area contributed by atoms with E-state index in [9.17, 15) is 9.59 Å². The van der Waals surface area contributed by atoms with Gasteiger partial charge in [0.15, 0.2) is 6.10 Å². The molecule has 6 heteroatoms. The zero-order valence-corrected chi connectivity index (χ0v) is 45.3. The summed E-state index contributed by atoms with van der Waals surface area (Å²) >= 11 is 0. The summed E-state index contributed by atoms with van der Waals surface area (Å²) in [5.74, 6) is 2.74. The van der Waals surface area contributed by atoms with E-state index in [2.05, 4.69) is 120 Å². The highest BCUT2D eigenvalue weighted by atomic mass is 16.6. The van der Waals surface area contributed by atoms with Gasteiger partial charge in [0.2, 0.25) is 0 Å². The number of hydrogen-bond donors (Lipinski definition) is 0. The number of carbonyl (C=O) groups excluding carboxylic acids is 3. The van der Waals surface area contributed by atoms with Gasteiger partial charge in [0, 0.05) is 0 Å². The van der Waals surface area contributed by atoms with Crippen LogP contribution in [-0.4, -0.2) is 37.2 Å². The van der Waals surface area contributed by atoms with Gasteiger partial charge in [-0.1, -0.05) is 135 Å². The Morgan fingerprint density at radius 2 is 0.783 bits per heavy atom.